The van der Waals surface area contributed by atoms with Crippen molar-refractivity contribution in [3.05, 3.63) is 89.7 Å². The maximum Gasteiger partial charge on any atom is 0.511 e. The highest BCUT2D eigenvalue weighted by atomic mass is 32.2. The molecule has 0 fully saturated rings. The number of para-hydroxylation sites is 1. The molecule has 2 heterocycles. The van der Waals surface area contributed by atoms with Crippen molar-refractivity contribution in [2.24, 2.45) is 0 Å². The van der Waals surface area contributed by atoms with Crippen molar-refractivity contribution >= 4 is 21.4 Å². The molecule has 0 radical (unpaired) electrons. The number of rotatable bonds is 4. The summed E-state index contributed by atoms with van der Waals surface area (Å²) in [7, 11) is -5.54. The molecular weight excluding hydrogens is 441 g/mol. The molecule has 0 unspecified atom stereocenters. The number of pyridine rings is 1. The van der Waals surface area contributed by atoms with Gasteiger partial charge in [-0.2, -0.15) is 17.5 Å². The fraction of sp³-hybridized carbons (Fsp3) is 0.227. The number of aromatic nitrogens is 1. The first-order valence-corrected chi connectivity index (χ1v) is 11.3. The second-order valence-electron chi connectivity index (χ2n) is 7.51. The van der Waals surface area contributed by atoms with Crippen LogP contribution in [-0.4, -0.2) is 29.8 Å². The number of nitrogens with two attached hydrogens (primary N) is 1. The van der Waals surface area contributed by atoms with Gasteiger partial charge in [0.1, 0.15) is 0 Å². The largest absolute Gasteiger partial charge is 0.511 e. The Morgan fingerprint density at radius 1 is 1.03 bits per heavy atom. The van der Waals surface area contributed by atoms with Crippen LogP contribution in [-0.2, 0) is 23.1 Å². The number of hydrogen-bond donors (Lipinski definition) is 1. The molecule has 32 heavy (non-hydrogen) atoms. The van der Waals surface area contributed by atoms with E-state index in [-0.39, 0.29) is 19.6 Å². The Morgan fingerprint density at radius 2 is 1.72 bits per heavy atom. The number of nitrogens with zero attached hydrogens (tertiary/aromatic N) is 3. The van der Waals surface area contributed by atoms with Gasteiger partial charge in [-0.15, -0.1) is 0 Å². The number of anilines is 2. The fourth-order valence-corrected chi connectivity index (χ4v) is 4.82. The molecule has 10 heteroatoms. The minimum Gasteiger partial charge on any atom is -0.399 e. The van der Waals surface area contributed by atoms with E-state index >= 15 is 0 Å². The van der Waals surface area contributed by atoms with Crippen molar-refractivity contribution < 1.29 is 21.6 Å². The number of nitrogen functional groups attached to an aromatic ring is 1. The molecule has 1 atom stereocenters. The Kier molecular flexibility index (Phi) is 5.83. The van der Waals surface area contributed by atoms with Crippen LogP contribution in [0.3, 0.4) is 0 Å². The molecule has 0 spiro atoms. The molecule has 0 saturated heterocycles. The van der Waals surface area contributed by atoms with Crippen LogP contribution in [0.15, 0.2) is 72.9 Å². The van der Waals surface area contributed by atoms with Gasteiger partial charge in [0.2, 0.25) is 0 Å². The molecule has 1 aliphatic rings. The van der Waals surface area contributed by atoms with Gasteiger partial charge in [0.05, 0.1) is 18.3 Å². The van der Waals surface area contributed by atoms with E-state index in [2.05, 4.69) is 4.98 Å². The molecule has 1 aromatic heterocycles. The van der Waals surface area contributed by atoms with Crippen LogP contribution < -0.4 is 10.6 Å². The van der Waals surface area contributed by atoms with Gasteiger partial charge in [-0.05, 0) is 29.3 Å². The molecule has 2 N–H and O–H groups in total. The Morgan fingerprint density at radius 3 is 2.41 bits per heavy atom. The van der Waals surface area contributed by atoms with Crippen molar-refractivity contribution in [3.63, 3.8) is 0 Å². The zero-order chi connectivity index (χ0) is 22.9. The lowest BCUT2D eigenvalue weighted by Gasteiger charge is -2.34. The maximum absolute atomic E-state index is 13.5. The van der Waals surface area contributed by atoms with E-state index < -0.39 is 21.6 Å². The summed E-state index contributed by atoms with van der Waals surface area (Å²) in [4.78, 5) is 6.23. The minimum atomic E-state index is -5.54. The Balaban J connectivity index is 1.87. The molecule has 4 rings (SSSR count). The quantitative estimate of drug-likeness (QED) is 0.632. The lowest BCUT2D eigenvalue weighted by molar-refractivity contribution is -0.0492. The smallest absolute Gasteiger partial charge is 0.399 e. The molecule has 6 nitrogen and oxygen atoms in total. The molecule has 0 aliphatic carbocycles. The molecule has 0 saturated carbocycles. The van der Waals surface area contributed by atoms with Crippen LogP contribution in [0.4, 0.5) is 24.5 Å². The van der Waals surface area contributed by atoms with Crippen LogP contribution in [0.1, 0.15) is 22.9 Å². The third-order valence-electron chi connectivity index (χ3n) is 5.39. The van der Waals surface area contributed by atoms with Crippen molar-refractivity contribution in [1.82, 2.24) is 9.29 Å². The predicted molar refractivity (Wildman–Crippen MR) is 116 cm³/mol. The molecule has 168 valence electrons. The number of sulfonamides is 1. The average molecular weight is 462 g/mol. The van der Waals surface area contributed by atoms with Gasteiger partial charge >= 0.3 is 15.5 Å². The summed E-state index contributed by atoms with van der Waals surface area (Å²) in [6, 6.07) is 18.4. The molecule has 0 bridgehead atoms. The molecule has 1 aliphatic heterocycles. The van der Waals surface area contributed by atoms with E-state index in [1.165, 1.54) is 0 Å². The highest BCUT2D eigenvalue weighted by Crippen LogP contribution is 2.39. The summed E-state index contributed by atoms with van der Waals surface area (Å²) >= 11 is 0. The number of benzene rings is 2. The second kappa shape index (κ2) is 8.44. The van der Waals surface area contributed by atoms with Gasteiger partial charge in [-0.1, -0.05) is 48.5 Å². The maximum atomic E-state index is 13.5. The molecule has 3 aromatic rings. The number of fused-ring (bicyclic) bond motifs is 1. The lowest BCUT2D eigenvalue weighted by atomic mass is 10.0. The summed E-state index contributed by atoms with van der Waals surface area (Å²) in [5, 5.41) is 0. The van der Waals surface area contributed by atoms with Crippen LogP contribution in [0.25, 0.3) is 0 Å². The Labute approximate surface area is 184 Å². The summed E-state index contributed by atoms with van der Waals surface area (Å²) in [5.74, 6) is 0. The highest BCUT2D eigenvalue weighted by molar-refractivity contribution is 7.89. The zero-order valence-corrected chi connectivity index (χ0v) is 17.7. The van der Waals surface area contributed by atoms with Crippen LogP contribution >= 0.6 is 0 Å². The standard InChI is InChI=1S/C22H21F3N4O2S/c23-22(24,25)32(30,31)28-13-17-8-4-5-9-20(17)29(14-19-12-18(26)10-11-27-19)21(15-28)16-6-2-1-3-7-16/h1-12,21H,13-15H2,(H2,26,27)/t21-/m1/s1. The van der Waals surface area contributed by atoms with Crippen LogP contribution in [0, 0.1) is 0 Å². The summed E-state index contributed by atoms with van der Waals surface area (Å²) in [6.45, 7) is -0.521. The summed E-state index contributed by atoms with van der Waals surface area (Å²) in [6.07, 6.45) is 1.56. The monoisotopic (exact) mass is 462 g/mol. The van der Waals surface area contributed by atoms with E-state index in [4.69, 9.17) is 5.73 Å². The Bertz CT molecular complexity index is 1200. The summed E-state index contributed by atoms with van der Waals surface area (Å²) in [5.41, 5.74) is 3.43. The van der Waals surface area contributed by atoms with Gasteiger partial charge in [-0.3, -0.25) is 4.98 Å². The first-order valence-electron chi connectivity index (χ1n) is 9.83. The average Bonchev–Trinajstić information content (AvgIpc) is 2.91. The van der Waals surface area contributed by atoms with Crippen molar-refractivity contribution in [3.8, 4) is 0 Å². The molecule has 0 amide bonds. The van der Waals surface area contributed by atoms with E-state index in [0.29, 0.717) is 32.5 Å². The fourth-order valence-electron chi connectivity index (χ4n) is 3.88. The SMILES string of the molecule is Nc1ccnc(CN2c3ccccc3CN(S(=O)(=O)C(F)(F)F)C[C@@H]2c2ccccc2)c1. The third-order valence-corrected chi connectivity index (χ3v) is 6.93. The first kappa shape index (κ1) is 22.1. The number of hydrogen-bond acceptors (Lipinski definition) is 5. The normalized spacial score (nSPS) is 17.6. The van der Waals surface area contributed by atoms with Crippen molar-refractivity contribution in [2.75, 3.05) is 17.2 Å². The van der Waals surface area contributed by atoms with Crippen molar-refractivity contribution in [1.29, 1.82) is 0 Å². The molecule has 2 aromatic carbocycles. The van der Waals surface area contributed by atoms with Gasteiger partial charge in [0.25, 0.3) is 0 Å². The number of halogens is 3. The lowest BCUT2D eigenvalue weighted by Crippen LogP contribution is -2.43. The van der Waals surface area contributed by atoms with Gasteiger partial charge < -0.3 is 10.6 Å². The topological polar surface area (TPSA) is 79.5 Å². The minimum absolute atomic E-state index is 0.238. The van der Waals surface area contributed by atoms with E-state index in [1.54, 1.807) is 72.9 Å². The van der Waals surface area contributed by atoms with E-state index in [0.717, 1.165) is 0 Å². The van der Waals surface area contributed by atoms with E-state index in [9.17, 15) is 21.6 Å². The number of alkyl halides is 3. The van der Waals surface area contributed by atoms with E-state index in [1.807, 2.05) is 4.90 Å². The van der Waals surface area contributed by atoms with Gasteiger partial charge in [-0.25, -0.2) is 8.42 Å². The summed E-state index contributed by atoms with van der Waals surface area (Å²) < 4.78 is 65.8. The second-order valence-corrected chi connectivity index (χ2v) is 9.44. The Hall–Kier alpha value is -3.11. The van der Waals surface area contributed by atoms with Crippen molar-refractivity contribution in [2.45, 2.75) is 24.6 Å². The third kappa shape index (κ3) is 4.28. The van der Waals surface area contributed by atoms with Gasteiger partial charge in [0.15, 0.2) is 0 Å². The van der Waals surface area contributed by atoms with Crippen LogP contribution in [0.2, 0.25) is 0 Å². The first-order chi connectivity index (χ1) is 15.2. The zero-order valence-electron chi connectivity index (χ0n) is 16.9. The van der Waals surface area contributed by atoms with Crippen LogP contribution in [0.5, 0.6) is 0 Å². The molecular formula is C22H21F3N4O2S. The highest BCUT2D eigenvalue weighted by Gasteiger charge is 2.51. The predicted octanol–water partition coefficient (Wildman–Crippen LogP) is 4.08. The van der Waals surface area contributed by atoms with Gasteiger partial charge in [0, 0.05) is 30.7 Å².